The maximum atomic E-state index is 10.4. The number of carboxylic acid groups (broad SMARTS) is 1. The van der Waals surface area contributed by atoms with Gasteiger partial charge in [0.25, 0.3) is 0 Å². The van der Waals surface area contributed by atoms with Gasteiger partial charge in [0, 0.05) is 6.54 Å². The fourth-order valence-electron chi connectivity index (χ4n) is 0.910. The van der Waals surface area contributed by atoms with Crippen molar-refractivity contribution < 1.29 is 14.6 Å². The lowest BCUT2D eigenvalue weighted by molar-refractivity contribution is -0.149. The molecule has 66 valence electrons. The zero-order valence-corrected chi connectivity index (χ0v) is 6.89. The van der Waals surface area contributed by atoms with Gasteiger partial charge in [-0.25, -0.2) is 4.79 Å². The lowest BCUT2D eigenvalue weighted by atomic mass is 10.2. The fraction of sp³-hybridized carbons (Fsp3) is 0.833. The Labute approximate surface area is 71.3 Å². The van der Waals surface area contributed by atoms with Gasteiger partial charge in [0.15, 0.2) is 6.10 Å². The largest absolute Gasteiger partial charge is 0.479 e. The van der Waals surface area contributed by atoms with Gasteiger partial charge in [0.2, 0.25) is 0 Å². The highest BCUT2D eigenvalue weighted by Crippen LogP contribution is 1.99. The van der Waals surface area contributed by atoms with Crippen LogP contribution in [-0.2, 0) is 9.53 Å². The van der Waals surface area contributed by atoms with Gasteiger partial charge in [-0.1, -0.05) is 0 Å². The molecule has 1 rings (SSSR count). The molecule has 1 atom stereocenters. The lowest BCUT2D eigenvalue weighted by Gasteiger charge is -2.06. The molecule has 11 heavy (non-hydrogen) atoms. The van der Waals surface area contributed by atoms with E-state index in [9.17, 15) is 4.79 Å². The molecule has 0 spiro atoms. The molecule has 1 heterocycles. The number of hydrogen-bond donors (Lipinski definition) is 2. The molecule has 0 bridgehead atoms. The van der Waals surface area contributed by atoms with Crippen molar-refractivity contribution in [1.82, 2.24) is 5.32 Å². The molecule has 5 heteroatoms. The van der Waals surface area contributed by atoms with Crippen molar-refractivity contribution in [3.63, 3.8) is 0 Å². The summed E-state index contributed by atoms with van der Waals surface area (Å²) in [7, 11) is 0. The smallest absolute Gasteiger partial charge is 0.332 e. The highest BCUT2D eigenvalue weighted by molar-refractivity contribution is 5.85. The van der Waals surface area contributed by atoms with Gasteiger partial charge in [-0.05, 0) is 13.0 Å². The standard InChI is InChI=1S/C6H11NO3.ClH/c8-6(9)5-1-2-7-3-4-10-5;/h5,7H,1-4H2,(H,8,9);1H/t5-;/m0./s1. The van der Waals surface area contributed by atoms with Crippen LogP contribution >= 0.6 is 12.4 Å². The molecule has 0 aromatic rings. The van der Waals surface area contributed by atoms with E-state index in [1.807, 2.05) is 0 Å². The van der Waals surface area contributed by atoms with Crippen molar-refractivity contribution in [3.8, 4) is 0 Å². The summed E-state index contributed by atoms with van der Waals surface area (Å²) >= 11 is 0. The molecule has 2 N–H and O–H groups in total. The summed E-state index contributed by atoms with van der Waals surface area (Å²) < 4.78 is 5.00. The van der Waals surface area contributed by atoms with Crippen molar-refractivity contribution in [1.29, 1.82) is 0 Å². The van der Waals surface area contributed by atoms with Crippen LogP contribution in [0.1, 0.15) is 6.42 Å². The molecule has 1 aliphatic heterocycles. The Hall–Kier alpha value is -0.320. The molecular weight excluding hydrogens is 170 g/mol. The average molecular weight is 182 g/mol. The number of aliphatic carboxylic acids is 1. The fourth-order valence-corrected chi connectivity index (χ4v) is 0.910. The average Bonchev–Trinajstić information content (AvgIpc) is 2.12. The number of nitrogens with one attached hydrogen (secondary N) is 1. The number of carbonyl (C=O) groups is 1. The molecule has 1 saturated heterocycles. The van der Waals surface area contributed by atoms with Gasteiger partial charge in [0.05, 0.1) is 6.61 Å². The Morgan fingerprint density at radius 3 is 2.91 bits per heavy atom. The van der Waals surface area contributed by atoms with Crippen LogP contribution in [0.2, 0.25) is 0 Å². The quantitative estimate of drug-likeness (QED) is 0.592. The summed E-state index contributed by atoms with van der Waals surface area (Å²) in [5, 5.41) is 11.6. The zero-order chi connectivity index (χ0) is 7.40. The molecule has 0 unspecified atom stereocenters. The Kier molecular flexibility index (Phi) is 5.19. The summed E-state index contributed by atoms with van der Waals surface area (Å²) in [6, 6.07) is 0. The van der Waals surface area contributed by atoms with E-state index >= 15 is 0 Å². The minimum absolute atomic E-state index is 0. The van der Waals surface area contributed by atoms with Gasteiger partial charge in [-0.15, -0.1) is 12.4 Å². The highest BCUT2D eigenvalue weighted by atomic mass is 35.5. The van der Waals surface area contributed by atoms with Crippen LogP contribution in [0, 0.1) is 0 Å². The molecule has 0 aliphatic carbocycles. The summed E-state index contributed by atoms with van der Waals surface area (Å²) in [6.07, 6.45) is -0.0370. The summed E-state index contributed by atoms with van der Waals surface area (Å²) in [5.74, 6) is -0.858. The van der Waals surface area contributed by atoms with Crippen molar-refractivity contribution in [2.45, 2.75) is 12.5 Å². The van der Waals surface area contributed by atoms with Crippen LogP contribution in [0.25, 0.3) is 0 Å². The Morgan fingerprint density at radius 1 is 1.55 bits per heavy atom. The van der Waals surface area contributed by atoms with E-state index in [4.69, 9.17) is 9.84 Å². The van der Waals surface area contributed by atoms with Crippen LogP contribution in [0.15, 0.2) is 0 Å². The van der Waals surface area contributed by atoms with Crippen LogP contribution in [-0.4, -0.2) is 36.9 Å². The summed E-state index contributed by atoms with van der Waals surface area (Å²) in [5.41, 5.74) is 0. The molecule has 0 radical (unpaired) electrons. The lowest BCUT2D eigenvalue weighted by Crippen LogP contribution is -2.24. The molecule has 0 aromatic carbocycles. The van der Waals surface area contributed by atoms with Crippen LogP contribution in [0.3, 0.4) is 0 Å². The van der Waals surface area contributed by atoms with E-state index in [1.54, 1.807) is 0 Å². The maximum Gasteiger partial charge on any atom is 0.332 e. The normalized spacial score (nSPS) is 24.9. The van der Waals surface area contributed by atoms with Crippen molar-refractivity contribution in [2.75, 3.05) is 19.7 Å². The van der Waals surface area contributed by atoms with Gasteiger partial charge >= 0.3 is 5.97 Å². The topological polar surface area (TPSA) is 58.6 Å². The third-order valence-corrected chi connectivity index (χ3v) is 1.46. The first-order valence-electron chi connectivity index (χ1n) is 3.36. The predicted octanol–water partition coefficient (Wildman–Crippen LogP) is -0.129. The summed E-state index contributed by atoms with van der Waals surface area (Å²) in [4.78, 5) is 10.4. The van der Waals surface area contributed by atoms with E-state index in [0.29, 0.717) is 13.0 Å². The third-order valence-electron chi connectivity index (χ3n) is 1.46. The van der Waals surface area contributed by atoms with Gasteiger partial charge < -0.3 is 15.2 Å². The van der Waals surface area contributed by atoms with E-state index in [0.717, 1.165) is 13.1 Å². The Morgan fingerprint density at radius 2 is 2.27 bits per heavy atom. The number of rotatable bonds is 1. The third kappa shape index (κ3) is 3.55. The van der Waals surface area contributed by atoms with Gasteiger partial charge in [-0.2, -0.15) is 0 Å². The van der Waals surface area contributed by atoms with E-state index in [2.05, 4.69) is 5.32 Å². The van der Waals surface area contributed by atoms with Crippen LogP contribution < -0.4 is 5.32 Å². The maximum absolute atomic E-state index is 10.4. The minimum atomic E-state index is -0.858. The summed E-state index contributed by atoms with van der Waals surface area (Å²) in [6.45, 7) is 1.98. The monoisotopic (exact) mass is 181 g/mol. The number of ether oxygens (including phenoxy) is 1. The van der Waals surface area contributed by atoms with E-state index in [-0.39, 0.29) is 12.4 Å². The molecule has 0 amide bonds. The zero-order valence-electron chi connectivity index (χ0n) is 6.08. The molecule has 0 saturated carbocycles. The Bertz CT molecular complexity index is 123. The molecule has 4 nitrogen and oxygen atoms in total. The Balaban J connectivity index is 0.000001000. The highest BCUT2D eigenvalue weighted by Gasteiger charge is 2.18. The van der Waals surface area contributed by atoms with Crippen LogP contribution in [0.4, 0.5) is 0 Å². The van der Waals surface area contributed by atoms with Gasteiger partial charge in [0.1, 0.15) is 0 Å². The first kappa shape index (κ1) is 10.7. The number of halogens is 1. The minimum Gasteiger partial charge on any atom is -0.479 e. The number of carboxylic acids is 1. The molecular formula is C6H12ClNO3. The first-order chi connectivity index (χ1) is 4.80. The van der Waals surface area contributed by atoms with E-state index < -0.39 is 12.1 Å². The van der Waals surface area contributed by atoms with Crippen LogP contribution in [0.5, 0.6) is 0 Å². The van der Waals surface area contributed by atoms with Crippen molar-refractivity contribution in [3.05, 3.63) is 0 Å². The second-order valence-corrected chi connectivity index (χ2v) is 2.24. The number of hydrogen-bond acceptors (Lipinski definition) is 3. The van der Waals surface area contributed by atoms with Crippen molar-refractivity contribution >= 4 is 18.4 Å². The van der Waals surface area contributed by atoms with Crippen molar-refractivity contribution in [2.24, 2.45) is 0 Å². The second kappa shape index (κ2) is 5.35. The predicted molar refractivity (Wildman–Crippen MR) is 42.1 cm³/mol. The van der Waals surface area contributed by atoms with Gasteiger partial charge in [-0.3, -0.25) is 0 Å². The first-order valence-corrected chi connectivity index (χ1v) is 3.36. The SMILES string of the molecule is Cl.O=C(O)[C@@H]1CCNCCO1. The second-order valence-electron chi connectivity index (χ2n) is 2.24. The van der Waals surface area contributed by atoms with E-state index in [1.165, 1.54) is 0 Å². The molecule has 0 aromatic heterocycles. The molecule has 1 aliphatic rings. The molecule has 1 fully saturated rings.